The lowest BCUT2D eigenvalue weighted by molar-refractivity contribution is -0.193. The predicted molar refractivity (Wildman–Crippen MR) is 34.9 cm³/mol. The second kappa shape index (κ2) is 2.47. The summed E-state index contributed by atoms with van der Waals surface area (Å²) in [4.78, 5) is 0. The van der Waals surface area contributed by atoms with E-state index in [-0.39, 0.29) is 12.1 Å². The number of nitrogens with one attached hydrogen (secondary N) is 1. The Bertz CT molecular complexity index is 131. The highest BCUT2D eigenvalue weighted by Gasteiger charge is 2.35. The predicted octanol–water partition coefficient (Wildman–Crippen LogP) is -0.952. The van der Waals surface area contributed by atoms with Crippen LogP contribution < -0.4 is 5.32 Å². The maximum absolute atomic E-state index is 9.29. The second-order valence-corrected chi connectivity index (χ2v) is 2.80. The Balaban J connectivity index is 2.03. The van der Waals surface area contributed by atoms with E-state index in [9.17, 15) is 5.21 Å². The average molecular weight is 144 g/mol. The van der Waals surface area contributed by atoms with E-state index < -0.39 is 0 Å². The van der Waals surface area contributed by atoms with Gasteiger partial charge in [-0.2, -0.15) is 5.06 Å². The molecule has 2 unspecified atom stereocenters. The van der Waals surface area contributed by atoms with Crippen LogP contribution in [-0.2, 0) is 4.74 Å². The zero-order valence-electron chi connectivity index (χ0n) is 5.79. The Morgan fingerprint density at radius 2 is 2.40 bits per heavy atom. The standard InChI is InChI=1S/C6H12N2O2/c9-8-1-2-10-6-4-7-3-5(6)8/h5-7,9H,1-4H2. The maximum atomic E-state index is 9.29. The van der Waals surface area contributed by atoms with E-state index in [1.807, 2.05) is 0 Å². The summed E-state index contributed by atoms with van der Waals surface area (Å²) in [6.07, 6.45) is 0.207. The maximum Gasteiger partial charge on any atom is 0.0890 e. The minimum Gasteiger partial charge on any atom is -0.374 e. The van der Waals surface area contributed by atoms with Gasteiger partial charge in [-0.15, -0.1) is 0 Å². The summed E-state index contributed by atoms with van der Waals surface area (Å²) in [5.74, 6) is 0. The topological polar surface area (TPSA) is 44.7 Å². The van der Waals surface area contributed by atoms with Crippen molar-refractivity contribution >= 4 is 0 Å². The highest BCUT2D eigenvalue weighted by molar-refractivity contribution is 4.89. The zero-order chi connectivity index (χ0) is 6.97. The molecule has 0 amide bonds. The van der Waals surface area contributed by atoms with Crippen molar-refractivity contribution in [2.24, 2.45) is 0 Å². The first kappa shape index (κ1) is 6.54. The van der Waals surface area contributed by atoms with Gasteiger partial charge >= 0.3 is 0 Å². The summed E-state index contributed by atoms with van der Waals surface area (Å²) < 4.78 is 5.41. The summed E-state index contributed by atoms with van der Waals surface area (Å²) in [6, 6.07) is 0.189. The van der Waals surface area contributed by atoms with Gasteiger partial charge in [0.05, 0.1) is 18.8 Å². The molecule has 4 heteroatoms. The SMILES string of the molecule is ON1CCOC2CNCC21. The molecule has 2 rings (SSSR count). The van der Waals surface area contributed by atoms with E-state index in [4.69, 9.17) is 4.74 Å². The lowest BCUT2D eigenvalue weighted by Crippen LogP contribution is -2.48. The van der Waals surface area contributed by atoms with Gasteiger partial charge < -0.3 is 15.3 Å². The zero-order valence-corrected chi connectivity index (χ0v) is 5.79. The summed E-state index contributed by atoms with van der Waals surface area (Å²) in [7, 11) is 0. The molecule has 58 valence electrons. The molecule has 2 fully saturated rings. The molecule has 10 heavy (non-hydrogen) atoms. The third-order valence-corrected chi connectivity index (χ3v) is 2.16. The van der Waals surface area contributed by atoms with Crippen LogP contribution >= 0.6 is 0 Å². The summed E-state index contributed by atoms with van der Waals surface area (Å²) in [6.45, 7) is 3.02. The molecule has 0 saturated carbocycles. The number of fused-ring (bicyclic) bond motifs is 1. The van der Waals surface area contributed by atoms with Gasteiger partial charge in [0.15, 0.2) is 0 Å². The molecule has 0 spiro atoms. The monoisotopic (exact) mass is 144 g/mol. The molecule has 2 atom stereocenters. The Labute approximate surface area is 59.7 Å². The molecule has 0 aromatic heterocycles. The molecular formula is C6H12N2O2. The van der Waals surface area contributed by atoms with Gasteiger partial charge in [0, 0.05) is 19.6 Å². The number of hydrogen-bond donors (Lipinski definition) is 2. The number of hydroxylamine groups is 2. The van der Waals surface area contributed by atoms with Crippen LogP contribution in [-0.4, -0.2) is 48.7 Å². The first-order valence-electron chi connectivity index (χ1n) is 3.66. The molecule has 2 aliphatic heterocycles. The van der Waals surface area contributed by atoms with E-state index >= 15 is 0 Å². The number of nitrogens with zero attached hydrogens (tertiary/aromatic N) is 1. The Hall–Kier alpha value is -0.160. The van der Waals surface area contributed by atoms with Crippen molar-refractivity contribution in [1.82, 2.24) is 10.4 Å². The van der Waals surface area contributed by atoms with Gasteiger partial charge in [-0.3, -0.25) is 0 Å². The number of hydrogen-bond acceptors (Lipinski definition) is 4. The number of rotatable bonds is 0. The fourth-order valence-electron chi connectivity index (χ4n) is 1.57. The molecule has 2 aliphatic rings. The van der Waals surface area contributed by atoms with E-state index in [0.717, 1.165) is 13.1 Å². The molecule has 2 heterocycles. The van der Waals surface area contributed by atoms with Crippen molar-refractivity contribution in [3.63, 3.8) is 0 Å². The molecule has 0 aromatic carbocycles. The van der Waals surface area contributed by atoms with Crippen molar-refractivity contribution in [3.05, 3.63) is 0 Å². The van der Waals surface area contributed by atoms with Crippen LogP contribution in [0.2, 0.25) is 0 Å². The van der Waals surface area contributed by atoms with Gasteiger partial charge in [0.25, 0.3) is 0 Å². The molecule has 0 aliphatic carbocycles. The van der Waals surface area contributed by atoms with Gasteiger partial charge in [0.2, 0.25) is 0 Å². The van der Waals surface area contributed by atoms with Crippen LogP contribution in [0.4, 0.5) is 0 Å². The Morgan fingerprint density at radius 1 is 1.50 bits per heavy atom. The van der Waals surface area contributed by atoms with E-state index in [2.05, 4.69) is 5.32 Å². The first-order valence-corrected chi connectivity index (χ1v) is 3.66. The quantitative estimate of drug-likeness (QED) is 0.460. The van der Waals surface area contributed by atoms with Crippen LogP contribution in [0, 0.1) is 0 Å². The lowest BCUT2D eigenvalue weighted by Gasteiger charge is -2.31. The third kappa shape index (κ3) is 0.932. The molecule has 0 aromatic rings. The highest BCUT2D eigenvalue weighted by Crippen LogP contribution is 2.14. The lowest BCUT2D eigenvalue weighted by atomic mass is 10.2. The molecular weight excluding hydrogens is 132 g/mol. The van der Waals surface area contributed by atoms with Crippen LogP contribution in [0.3, 0.4) is 0 Å². The Kier molecular flexibility index (Phi) is 1.61. The molecule has 0 radical (unpaired) electrons. The molecule has 2 saturated heterocycles. The molecule has 4 nitrogen and oxygen atoms in total. The van der Waals surface area contributed by atoms with Crippen LogP contribution in [0.15, 0.2) is 0 Å². The van der Waals surface area contributed by atoms with Crippen molar-refractivity contribution < 1.29 is 9.94 Å². The van der Waals surface area contributed by atoms with Crippen molar-refractivity contribution in [3.8, 4) is 0 Å². The third-order valence-electron chi connectivity index (χ3n) is 2.16. The largest absolute Gasteiger partial charge is 0.374 e. The summed E-state index contributed by atoms with van der Waals surface area (Å²) >= 11 is 0. The highest BCUT2D eigenvalue weighted by atomic mass is 16.5. The molecule has 2 N–H and O–H groups in total. The van der Waals surface area contributed by atoms with Crippen LogP contribution in [0.5, 0.6) is 0 Å². The Morgan fingerprint density at radius 3 is 3.20 bits per heavy atom. The summed E-state index contributed by atoms with van der Waals surface area (Å²) in [5, 5.41) is 13.8. The number of ether oxygens (including phenoxy) is 1. The molecule has 0 bridgehead atoms. The fourth-order valence-corrected chi connectivity index (χ4v) is 1.57. The number of morpholine rings is 1. The van der Waals surface area contributed by atoms with Crippen LogP contribution in [0.1, 0.15) is 0 Å². The van der Waals surface area contributed by atoms with Crippen molar-refractivity contribution in [2.75, 3.05) is 26.2 Å². The summed E-state index contributed by atoms with van der Waals surface area (Å²) in [5.41, 5.74) is 0. The smallest absolute Gasteiger partial charge is 0.0890 e. The minimum absolute atomic E-state index is 0.189. The first-order chi connectivity index (χ1) is 4.88. The average Bonchev–Trinajstić information content (AvgIpc) is 2.36. The van der Waals surface area contributed by atoms with Crippen molar-refractivity contribution in [2.45, 2.75) is 12.1 Å². The second-order valence-electron chi connectivity index (χ2n) is 2.80. The van der Waals surface area contributed by atoms with E-state index in [1.165, 1.54) is 5.06 Å². The van der Waals surface area contributed by atoms with E-state index in [0.29, 0.717) is 13.2 Å². The fraction of sp³-hybridized carbons (Fsp3) is 1.00. The van der Waals surface area contributed by atoms with Gasteiger partial charge in [-0.1, -0.05) is 0 Å². The van der Waals surface area contributed by atoms with Gasteiger partial charge in [-0.05, 0) is 0 Å². The van der Waals surface area contributed by atoms with Gasteiger partial charge in [-0.25, -0.2) is 0 Å². The van der Waals surface area contributed by atoms with Gasteiger partial charge in [0.1, 0.15) is 0 Å². The van der Waals surface area contributed by atoms with Crippen LogP contribution in [0.25, 0.3) is 0 Å². The van der Waals surface area contributed by atoms with E-state index in [1.54, 1.807) is 0 Å². The minimum atomic E-state index is 0.189. The van der Waals surface area contributed by atoms with Crippen molar-refractivity contribution in [1.29, 1.82) is 0 Å². The normalized spacial score (nSPS) is 41.7.